The van der Waals surface area contributed by atoms with Crippen LogP contribution in [0.5, 0.6) is 0 Å². The Morgan fingerprint density at radius 2 is 2.07 bits per heavy atom. The van der Waals surface area contributed by atoms with Gasteiger partial charge in [0.1, 0.15) is 6.54 Å². The number of hydrogen-bond donors (Lipinski definition) is 0. The van der Waals surface area contributed by atoms with Crippen molar-refractivity contribution in [1.82, 2.24) is 10.1 Å². The van der Waals surface area contributed by atoms with Crippen LogP contribution in [0, 0.1) is 16.2 Å². The van der Waals surface area contributed by atoms with Gasteiger partial charge in [-0.05, 0) is 26.7 Å². The van der Waals surface area contributed by atoms with E-state index in [0.717, 1.165) is 12.8 Å². The van der Waals surface area contributed by atoms with Crippen molar-refractivity contribution in [3.05, 3.63) is 4.91 Å². The summed E-state index contributed by atoms with van der Waals surface area (Å²) in [6.07, 6.45) is 3.29. The lowest BCUT2D eigenvalue weighted by molar-refractivity contribution is -0.0969. The molecule has 0 aromatic rings. The van der Waals surface area contributed by atoms with E-state index in [9.17, 15) is 4.91 Å². The maximum absolute atomic E-state index is 10.6. The van der Waals surface area contributed by atoms with Gasteiger partial charge >= 0.3 is 0 Å². The highest BCUT2D eigenvalue weighted by atomic mass is 16.3. The largest absolute Gasteiger partial charge is 0.196 e. The molecular formula is C9H16N4O. The molecule has 2 atom stereocenters. The van der Waals surface area contributed by atoms with Crippen molar-refractivity contribution in [2.24, 2.45) is 5.29 Å². The molecule has 0 aromatic carbocycles. The van der Waals surface area contributed by atoms with E-state index in [-0.39, 0.29) is 6.54 Å². The molecule has 0 aromatic heterocycles. The predicted octanol–water partition coefficient (Wildman–Crippen LogP) is 1.67. The molecule has 0 N–H and O–H groups in total. The van der Waals surface area contributed by atoms with E-state index in [2.05, 4.69) is 19.1 Å². The molecule has 1 rings (SSSR count). The molecule has 0 amide bonds. The third-order valence-corrected chi connectivity index (χ3v) is 2.72. The van der Waals surface area contributed by atoms with Crippen LogP contribution in [0.4, 0.5) is 0 Å². The van der Waals surface area contributed by atoms with Gasteiger partial charge in [-0.2, -0.15) is 15.4 Å². The van der Waals surface area contributed by atoms with Gasteiger partial charge in [0.25, 0.3) is 0 Å². The van der Waals surface area contributed by atoms with Crippen LogP contribution in [0.25, 0.3) is 0 Å². The zero-order chi connectivity index (χ0) is 10.6. The lowest BCUT2D eigenvalue weighted by Gasteiger charge is -2.41. The average Bonchev–Trinajstić information content (AvgIpc) is 2.16. The van der Waals surface area contributed by atoms with E-state index in [4.69, 9.17) is 5.26 Å². The second-order valence-electron chi connectivity index (χ2n) is 3.78. The lowest BCUT2D eigenvalue weighted by atomic mass is 10.00. The Kier molecular flexibility index (Phi) is 3.84. The molecular weight excluding hydrogens is 180 g/mol. The van der Waals surface area contributed by atoms with Gasteiger partial charge in [-0.25, -0.2) is 0 Å². The summed E-state index contributed by atoms with van der Waals surface area (Å²) in [4.78, 5) is 10.6. The van der Waals surface area contributed by atoms with Crippen LogP contribution in [0.3, 0.4) is 0 Å². The molecule has 5 nitrogen and oxygen atoms in total. The quantitative estimate of drug-likeness (QED) is 0.391. The summed E-state index contributed by atoms with van der Waals surface area (Å²) in [7, 11) is 0. The smallest absolute Gasteiger partial charge is 0.143 e. The number of rotatable bonds is 3. The Morgan fingerprint density at radius 3 is 2.50 bits per heavy atom. The summed E-state index contributed by atoms with van der Waals surface area (Å²) in [5, 5.41) is 14.6. The molecule has 2 unspecified atom stereocenters. The van der Waals surface area contributed by atoms with Crippen molar-refractivity contribution in [3.8, 4) is 6.07 Å². The molecule has 0 saturated carbocycles. The standard InChI is InChI=1S/C9H16N4O/c1-8-4-3-5-9(2)13(8)12(11-14)7-6-10/h8-9H,3-5,7H2,1-2H3. The van der Waals surface area contributed by atoms with Crippen molar-refractivity contribution in [3.63, 3.8) is 0 Å². The molecule has 1 aliphatic heterocycles. The number of nitroso groups, excluding NO2 is 1. The van der Waals surface area contributed by atoms with E-state index in [0.29, 0.717) is 12.1 Å². The zero-order valence-corrected chi connectivity index (χ0v) is 8.68. The SMILES string of the molecule is CC1CCCC(C)N1N(CC#N)N=O. The molecule has 14 heavy (non-hydrogen) atoms. The summed E-state index contributed by atoms with van der Waals surface area (Å²) in [6, 6.07) is 2.54. The third-order valence-electron chi connectivity index (χ3n) is 2.72. The molecule has 0 bridgehead atoms. The minimum absolute atomic E-state index is 0.0399. The van der Waals surface area contributed by atoms with Gasteiger partial charge in [-0.1, -0.05) is 6.42 Å². The normalized spacial score (nSPS) is 28.1. The van der Waals surface area contributed by atoms with Crippen LogP contribution in [0.2, 0.25) is 0 Å². The first kappa shape index (κ1) is 10.9. The molecule has 5 heteroatoms. The Hall–Kier alpha value is -1.15. The fraction of sp³-hybridized carbons (Fsp3) is 0.889. The maximum atomic E-state index is 10.6. The minimum Gasteiger partial charge on any atom is -0.196 e. The topological polar surface area (TPSA) is 59.7 Å². The summed E-state index contributed by atoms with van der Waals surface area (Å²) in [5.41, 5.74) is 0. The van der Waals surface area contributed by atoms with Crippen LogP contribution in [-0.2, 0) is 0 Å². The number of hydrazine groups is 1. The van der Waals surface area contributed by atoms with E-state index in [1.54, 1.807) is 0 Å². The fourth-order valence-electron chi connectivity index (χ4n) is 2.08. The van der Waals surface area contributed by atoms with Crippen LogP contribution >= 0.6 is 0 Å². The van der Waals surface area contributed by atoms with Crippen molar-refractivity contribution >= 4 is 0 Å². The second-order valence-corrected chi connectivity index (χ2v) is 3.78. The first-order valence-corrected chi connectivity index (χ1v) is 4.96. The summed E-state index contributed by atoms with van der Waals surface area (Å²) in [6.45, 7) is 4.16. The van der Waals surface area contributed by atoms with Crippen molar-refractivity contribution < 1.29 is 0 Å². The Bertz CT molecular complexity index is 227. The van der Waals surface area contributed by atoms with Gasteiger partial charge in [0, 0.05) is 12.1 Å². The maximum Gasteiger partial charge on any atom is 0.143 e. The predicted molar refractivity (Wildman–Crippen MR) is 52.7 cm³/mol. The van der Waals surface area contributed by atoms with E-state index in [1.807, 2.05) is 11.1 Å². The molecule has 0 radical (unpaired) electrons. The highest BCUT2D eigenvalue weighted by Crippen LogP contribution is 2.24. The highest BCUT2D eigenvalue weighted by molar-refractivity contribution is 4.81. The van der Waals surface area contributed by atoms with Crippen LogP contribution < -0.4 is 0 Å². The summed E-state index contributed by atoms with van der Waals surface area (Å²) in [5.74, 6) is 0. The number of nitrogens with zero attached hydrogens (tertiary/aromatic N) is 4. The number of nitriles is 1. The Balaban J connectivity index is 2.69. The Labute approximate surface area is 84.2 Å². The average molecular weight is 196 g/mol. The van der Waals surface area contributed by atoms with Crippen LogP contribution in [0.1, 0.15) is 33.1 Å². The number of piperidine rings is 1. The van der Waals surface area contributed by atoms with Gasteiger partial charge < -0.3 is 0 Å². The molecule has 1 fully saturated rings. The molecule has 0 spiro atoms. The zero-order valence-electron chi connectivity index (χ0n) is 8.68. The highest BCUT2D eigenvalue weighted by Gasteiger charge is 2.29. The molecule has 1 aliphatic rings. The first-order valence-electron chi connectivity index (χ1n) is 4.96. The molecule has 1 heterocycles. The van der Waals surface area contributed by atoms with Gasteiger partial charge in [0.05, 0.1) is 11.4 Å². The van der Waals surface area contributed by atoms with Crippen molar-refractivity contribution in [1.29, 1.82) is 5.26 Å². The van der Waals surface area contributed by atoms with E-state index < -0.39 is 0 Å². The Morgan fingerprint density at radius 1 is 1.50 bits per heavy atom. The van der Waals surface area contributed by atoms with Gasteiger partial charge in [0.15, 0.2) is 0 Å². The molecule has 78 valence electrons. The second kappa shape index (κ2) is 4.91. The van der Waals surface area contributed by atoms with Crippen LogP contribution in [-0.4, -0.2) is 28.8 Å². The molecule has 0 aliphatic carbocycles. The third kappa shape index (κ3) is 2.20. The lowest BCUT2D eigenvalue weighted by Crippen LogP contribution is -2.52. The number of hydrogen-bond acceptors (Lipinski definition) is 4. The monoisotopic (exact) mass is 196 g/mol. The fourth-order valence-corrected chi connectivity index (χ4v) is 2.08. The van der Waals surface area contributed by atoms with Gasteiger partial charge in [-0.3, -0.25) is 0 Å². The van der Waals surface area contributed by atoms with Crippen molar-refractivity contribution in [2.75, 3.05) is 6.54 Å². The summed E-state index contributed by atoms with van der Waals surface area (Å²) >= 11 is 0. The first-order chi connectivity index (χ1) is 6.70. The van der Waals surface area contributed by atoms with Crippen LogP contribution in [0.15, 0.2) is 5.29 Å². The van der Waals surface area contributed by atoms with E-state index >= 15 is 0 Å². The van der Waals surface area contributed by atoms with E-state index in [1.165, 1.54) is 11.5 Å². The van der Waals surface area contributed by atoms with Gasteiger partial charge in [0.2, 0.25) is 0 Å². The minimum atomic E-state index is 0.0399. The molecule has 1 saturated heterocycles. The van der Waals surface area contributed by atoms with Crippen molar-refractivity contribution in [2.45, 2.75) is 45.2 Å². The summed E-state index contributed by atoms with van der Waals surface area (Å²) < 4.78 is 0. The van der Waals surface area contributed by atoms with Gasteiger partial charge in [-0.15, -0.1) is 4.91 Å².